The lowest BCUT2D eigenvalue weighted by Gasteiger charge is -2.25. The number of halogens is 2. The number of rotatable bonds is 3. The fourth-order valence-corrected chi connectivity index (χ4v) is 2.29. The Kier molecular flexibility index (Phi) is 3.87. The van der Waals surface area contributed by atoms with E-state index in [0.29, 0.717) is 16.5 Å². The number of benzene rings is 1. The average Bonchev–Trinajstić information content (AvgIpc) is 2.19. The van der Waals surface area contributed by atoms with Gasteiger partial charge in [-0.15, -0.1) is 0 Å². The molecule has 0 unspecified atom stereocenters. The fourth-order valence-electron chi connectivity index (χ4n) is 1.71. The maximum Gasteiger partial charge on any atom is 0.252 e. The van der Waals surface area contributed by atoms with Gasteiger partial charge in [-0.1, -0.05) is 24.1 Å². The quantitative estimate of drug-likeness (QED) is 0.907. The number of nitrogens with one attached hydrogen (secondary N) is 1. The molecule has 1 aliphatic rings. The molecule has 16 heavy (non-hydrogen) atoms. The highest BCUT2D eigenvalue weighted by Crippen LogP contribution is 2.27. The second-order valence-corrected chi connectivity index (χ2v) is 5.34. The molecule has 0 aliphatic heterocycles. The predicted octanol–water partition coefficient (Wildman–Crippen LogP) is 3.63. The van der Waals surface area contributed by atoms with Crippen molar-refractivity contribution in [2.24, 2.45) is 5.92 Å². The van der Waals surface area contributed by atoms with Gasteiger partial charge in [-0.05, 0) is 46.8 Å². The second-order valence-electron chi connectivity index (χ2n) is 4.11. The van der Waals surface area contributed by atoms with Crippen molar-refractivity contribution in [1.82, 2.24) is 5.32 Å². The van der Waals surface area contributed by atoms with Crippen LogP contribution >= 0.6 is 27.5 Å². The maximum atomic E-state index is 11.8. The van der Waals surface area contributed by atoms with Crippen molar-refractivity contribution in [2.45, 2.75) is 19.3 Å². The van der Waals surface area contributed by atoms with E-state index < -0.39 is 0 Å². The molecule has 0 atom stereocenters. The summed E-state index contributed by atoms with van der Waals surface area (Å²) in [5.74, 6) is 0.577. The Morgan fingerprint density at radius 3 is 2.88 bits per heavy atom. The lowest BCUT2D eigenvalue weighted by molar-refractivity contribution is 0.0939. The highest BCUT2D eigenvalue weighted by Gasteiger charge is 2.19. The molecule has 0 saturated heterocycles. The Hall–Kier alpha value is -0.540. The minimum Gasteiger partial charge on any atom is -0.352 e. The van der Waals surface area contributed by atoms with E-state index in [9.17, 15) is 4.79 Å². The summed E-state index contributed by atoms with van der Waals surface area (Å²) in [4.78, 5) is 11.8. The summed E-state index contributed by atoms with van der Waals surface area (Å²) in [6, 6.07) is 5.38. The van der Waals surface area contributed by atoms with Gasteiger partial charge < -0.3 is 5.32 Å². The summed E-state index contributed by atoms with van der Waals surface area (Å²) in [7, 11) is 0. The van der Waals surface area contributed by atoms with Gasteiger partial charge in [0, 0.05) is 11.0 Å². The summed E-state index contributed by atoms with van der Waals surface area (Å²) in [5.41, 5.74) is 0.537. The summed E-state index contributed by atoms with van der Waals surface area (Å²) in [6.07, 6.45) is 3.75. The fraction of sp³-hybridized carbons (Fsp3) is 0.417. The van der Waals surface area contributed by atoms with Crippen molar-refractivity contribution in [3.63, 3.8) is 0 Å². The third-order valence-electron chi connectivity index (χ3n) is 2.97. The van der Waals surface area contributed by atoms with Crippen LogP contribution in [-0.2, 0) is 0 Å². The predicted molar refractivity (Wildman–Crippen MR) is 68.8 cm³/mol. The van der Waals surface area contributed by atoms with Crippen LogP contribution in [0, 0.1) is 5.92 Å². The molecule has 1 saturated carbocycles. The van der Waals surface area contributed by atoms with E-state index in [1.54, 1.807) is 6.07 Å². The van der Waals surface area contributed by atoms with Crippen LogP contribution in [0.1, 0.15) is 29.6 Å². The normalized spacial score (nSPS) is 15.6. The minimum atomic E-state index is -0.0850. The van der Waals surface area contributed by atoms with E-state index in [1.807, 2.05) is 12.1 Å². The Labute approximate surface area is 108 Å². The first-order valence-electron chi connectivity index (χ1n) is 5.40. The molecule has 4 heteroatoms. The molecule has 86 valence electrons. The molecule has 2 nitrogen and oxygen atoms in total. The molecule has 1 fully saturated rings. The number of hydrogen-bond donors (Lipinski definition) is 1. The van der Waals surface area contributed by atoms with Gasteiger partial charge in [0.1, 0.15) is 0 Å². The lowest BCUT2D eigenvalue weighted by atomic mass is 9.85. The molecular formula is C12H13BrClNO. The molecule has 1 aliphatic carbocycles. The van der Waals surface area contributed by atoms with Crippen molar-refractivity contribution < 1.29 is 4.79 Å². The summed E-state index contributed by atoms with van der Waals surface area (Å²) in [5, 5.41) is 3.40. The van der Waals surface area contributed by atoms with Gasteiger partial charge in [-0.2, -0.15) is 0 Å². The van der Waals surface area contributed by atoms with Crippen LogP contribution in [0.15, 0.2) is 22.7 Å². The second kappa shape index (κ2) is 5.19. The van der Waals surface area contributed by atoms with E-state index in [2.05, 4.69) is 21.2 Å². The molecule has 2 rings (SSSR count). The van der Waals surface area contributed by atoms with Crippen LogP contribution in [0.3, 0.4) is 0 Å². The third kappa shape index (κ3) is 2.58. The van der Waals surface area contributed by atoms with Crippen LogP contribution in [-0.4, -0.2) is 12.5 Å². The van der Waals surface area contributed by atoms with E-state index in [-0.39, 0.29) is 5.91 Å². The van der Waals surface area contributed by atoms with Crippen LogP contribution in [0.4, 0.5) is 0 Å². The molecule has 1 N–H and O–H groups in total. The molecule has 1 aromatic rings. The first-order valence-corrected chi connectivity index (χ1v) is 6.58. The van der Waals surface area contributed by atoms with Crippen molar-refractivity contribution >= 4 is 33.4 Å². The Morgan fingerprint density at radius 2 is 2.25 bits per heavy atom. The number of carbonyl (C=O) groups is 1. The summed E-state index contributed by atoms with van der Waals surface area (Å²) >= 11 is 9.35. The van der Waals surface area contributed by atoms with Gasteiger partial charge in [0.05, 0.1) is 10.6 Å². The van der Waals surface area contributed by atoms with Crippen LogP contribution in [0.5, 0.6) is 0 Å². The molecular weight excluding hydrogens is 289 g/mol. The summed E-state index contributed by atoms with van der Waals surface area (Å²) < 4.78 is 0.755. The maximum absolute atomic E-state index is 11.8. The average molecular weight is 303 g/mol. The number of carbonyl (C=O) groups excluding carboxylic acids is 1. The lowest BCUT2D eigenvalue weighted by Crippen LogP contribution is -2.32. The molecule has 1 amide bonds. The molecule has 0 heterocycles. The van der Waals surface area contributed by atoms with E-state index >= 15 is 0 Å². The molecule has 0 bridgehead atoms. The van der Waals surface area contributed by atoms with Gasteiger partial charge in [0.2, 0.25) is 0 Å². The standard InChI is InChI=1S/C12H13BrClNO/c13-10-6-2-5-9(11(10)14)12(16)15-7-8-3-1-4-8/h2,5-6,8H,1,3-4,7H2,(H,15,16). The first kappa shape index (κ1) is 11.9. The Morgan fingerprint density at radius 1 is 1.50 bits per heavy atom. The highest BCUT2D eigenvalue weighted by molar-refractivity contribution is 9.10. The topological polar surface area (TPSA) is 29.1 Å². The van der Waals surface area contributed by atoms with Gasteiger partial charge in [-0.3, -0.25) is 4.79 Å². The minimum absolute atomic E-state index is 0.0850. The van der Waals surface area contributed by atoms with Crippen molar-refractivity contribution in [2.75, 3.05) is 6.54 Å². The SMILES string of the molecule is O=C(NCC1CCC1)c1cccc(Br)c1Cl. The number of amides is 1. The zero-order valence-corrected chi connectivity index (χ0v) is 11.1. The monoisotopic (exact) mass is 301 g/mol. The Balaban J connectivity index is 1.99. The highest BCUT2D eigenvalue weighted by atomic mass is 79.9. The van der Waals surface area contributed by atoms with Crippen LogP contribution in [0.25, 0.3) is 0 Å². The van der Waals surface area contributed by atoms with Crippen molar-refractivity contribution in [3.05, 3.63) is 33.3 Å². The summed E-state index contributed by atoms with van der Waals surface area (Å²) in [6.45, 7) is 0.766. The molecule has 1 aromatic carbocycles. The van der Waals surface area contributed by atoms with Gasteiger partial charge in [-0.25, -0.2) is 0 Å². The number of hydrogen-bond acceptors (Lipinski definition) is 1. The third-order valence-corrected chi connectivity index (χ3v) is 4.27. The molecule has 0 aromatic heterocycles. The van der Waals surface area contributed by atoms with Crippen molar-refractivity contribution in [3.8, 4) is 0 Å². The zero-order valence-electron chi connectivity index (χ0n) is 8.80. The van der Waals surface area contributed by atoms with Crippen molar-refractivity contribution in [1.29, 1.82) is 0 Å². The molecule has 0 radical (unpaired) electrons. The van der Waals surface area contributed by atoms with E-state index in [4.69, 9.17) is 11.6 Å². The smallest absolute Gasteiger partial charge is 0.252 e. The van der Waals surface area contributed by atoms with E-state index in [0.717, 1.165) is 11.0 Å². The van der Waals surface area contributed by atoms with Gasteiger partial charge in [0.15, 0.2) is 0 Å². The zero-order chi connectivity index (χ0) is 11.5. The first-order chi connectivity index (χ1) is 7.68. The van der Waals surface area contributed by atoms with Crippen LogP contribution in [0.2, 0.25) is 5.02 Å². The largest absolute Gasteiger partial charge is 0.352 e. The molecule has 0 spiro atoms. The van der Waals surface area contributed by atoms with Crippen LogP contribution < -0.4 is 5.32 Å². The Bertz CT molecular complexity index is 404. The van der Waals surface area contributed by atoms with E-state index in [1.165, 1.54) is 19.3 Å². The van der Waals surface area contributed by atoms with Gasteiger partial charge >= 0.3 is 0 Å². The van der Waals surface area contributed by atoms with Gasteiger partial charge in [0.25, 0.3) is 5.91 Å².